The molecular weight excluding hydrogens is 242 g/mol. The van der Waals surface area contributed by atoms with Crippen LogP contribution in [0.25, 0.3) is 0 Å². The maximum atomic E-state index is 4.79. The van der Waals surface area contributed by atoms with Crippen LogP contribution in [0, 0.1) is 0 Å². The molecule has 0 spiro atoms. The Morgan fingerprint density at radius 3 is 2.89 bits per heavy atom. The number of nitrogens with one attached hydrogen (secondary N) is 1. The summed E-state index contributed by atoms with van der Waals surface area (Å²) in [5, 5.41) is 5.54. The molecule has 0 radical (unpaired) electrons. The highest BCUT2D eigenvalue weighted by atomic mass is 32.1. The van der Waals surface area contributed by atoms with Crippen molar-refractivity contribution in [3.8, 4) is 0 Å². The predicted octanol–water partition coefficient (Wildman–Crippen LogP) is 2.91. The average Bonchev–Trinajstić information content (AvgIpc) is 3.04. The zero-order chi connectivity index (χ0) is 12.8. The molecule has 0 bridgehead atoms. The van der Waals surface area contributed by atoms with Crippen molar-refractivity contribution in [2.45, 2.75) is 32.6 Å². The van der Waals surface area contributed by atoms with Crippen LogP contribution in [-0.2, 0) is 0 Å². The second-order valence-corrected chi connectivity index (χ2v) is 5.78. The highest BCUT2D eigenvalue weighted by Crippen LogP contribution is 2.21. The van der Waals surface area contributed by atoms with E-state index in [-0.39, 0.29) is 0 Å². The van der Waals surface area contributed by atoms with Crippen molar-refractivity contribution in [2.24, 2.45) is 4.99 Å². The highest BCUT2D eigenvalue weighted by molar-refractivity contribution is 7.10. The molecule has 0 aliphatic carbocycles. The lowest BCUT2D eigenvalue weighted by Gasteiger charge is -2.21. The lowest BCUT2D eigenvalue weighted by molar-refractivity contribution is 0.492. The van der Waals surface area contributed by atoms with Gasteiger partial charge in [-0.25, -0.2) is 0 Å². The lowest BCUT2D eigenvalue weighted by atomic mass is 10.1. The van der Waals surface area contributed by atoms with Crippen LogP contribution in [0.15, 0.2) is 22.5 Å². The normalized spacial score (nSPS) is 18.1. The molecule has 0 amide bonds. The van der Waals surface area contributed by atoms with E-state index in [1.54, 1.807) is 0 Å². The minimum atomic E-state index is 0.515. The molecule has 2 heterocycles. The molecule has 0 aromatic carbocycles. The van der Waals surface area contributed by atoms with Gasteiger partial charge in [-0.2, -0.15) is 0 Å². The van der Waals surface area contributed by atoms with Crippen LogP contribution >= 0.6 is 11.3 Å². The van der Waals surface area contributed by atoms with E-state index in [9.17, 15) is 0 Å². The molecule has 3 nitrogen and oxygen atoms in total. The topological polar surface area (TPSA) is 27.6 Å². The average molecular weight is 265 g/mol. The van der Waals surface area contributed by atoms with E-state index in [4.69, 9.17) is 4.99 Å². The first-order valence-corrected chi connectivity index (χ1v) is 7.76. The third kappa shape index (κ3) is 3.48. The van der Waals surface area contributed by atoms with Crippen molar-refractivity contribution in [2.75, 3.05) is 26.2 Å². The summed E-state index contributed by atoms with van der Waals surface area (Å²) in [7, 11) is 0. The van der Waals surface area contributed by atoms with Gasteiger partial charge in [0.2, 0.25) is 0 Å². The molecule has 1 saturated heterocycles. The second kappa shape index (κ2) is 6.78. The third-order valence-corrected chi connectivity index (χ3v) is 4.39. The Labute approximate surface area is 114 Å². The molecule has 2 rings (SSSR count). The van der Waals surface area contributed by atoms with Gasteiger partial charge < -0.3 is 10.2 Å². The standard InChI is InChI=1S/C14H23N3S/c1-3-15-14(17-8-4-5-9-17)16-11-12(2)13-7-6-10-18-13/h6-7,10,12H,3-5,8-9,11H2,1-2H3,(H,15,16). The van der Waals surface area contributed by atoms with Gasteiger partial charge in [-0.1, -0.05) is 13.0 Å². The van der Waals surface area contributed by atoms with Crippen molar-refractivity contribution in [1.29, 1.82) is 0 Å². The molecule has 1 atom stereocenters. The number of rotatable bonds is 4. The van der Waals surface area contributed by atoms with Crippen LogP contribution < -0.4 is 5.32 Å². The number of guanidine groups is 1. The van der Waals surface area contributed by atoms with Gasteiger partial charge in [0, 0.05) is 30.4 Å². The Bertz CT molecular complexity index is 366. The SMILES string of the molecule is CCNC(=NCC(C)c1cccs1)N1CCCC1. The summed E-state index contributed by atoms with van der Waals surface area (Å²) in [6.45, 7) is 8.51. The molecule has 1 N–H and O–H groups in total. The summed E-state index contributed by atoms with van der Waals surface area (Å²) in [4.78, 5) is 8.60. The Kier molecular flexibility index (Phi) is 5.05. The smallest absolute Gasteiger partial charge is 0.193 e. The monoisotopic (exact) mass is 265 g/mol. The summed E-state index contributed by atoms with van der Waals surface area (Å²) >= 11 is 1.83. The summed E-state index contributed by atoms with van der Waals surface area (Å²) < 4.78 is 0. The van der Waals surface area contributed by atoms with E-state index in [1.165, 1.54) is 17.7 Å². The minimum absolute atomic E-state index is 0.515. The van der Waals surface area contributed by atoms with Gasteiger partial charge in [0.15, 0.2) is 5.96 Å². The summed E-state index contributed by atoms with van der Waals surface area (Å²) in [6, 6.07) is 4.32. The third-order valence-electron chi connectivity index (χ3n) is 3.28. The molecule has 1 aliphatic rings. The molecule has 100 valence electrons. The van der Waals surface area contributed by atoms with Crippen molar-refractivity contribution < 1.29 is 0 Å². The van der Waals surface area contributed by atoms with Crippen molar-refractivity contribution >= 4 is 17.3 Å². The van der Waals surface area contributed by atoms with Gasteiger partial charge in [-0.15, -0.1) is 11.3 Å². The zero-order valence-electron chi connectivity index (χ0n) is 11.4. The maximum Gasteiger partial charge on any atom is 0.193 e. The summed E-state index contributed by atoms with van der Waals surface area (Å²) in [5.41, 5.74) is 0. The molecule has 1 aromatic rings. The van der Waals surface area contributed by atoms with Crippen molar-refractivity contribution in [1.82, 2.24) is 10.2 Å². The van der Waals surface area contributed by atoms with Crippen LogP contribution in [0.2, 0.25) is 0 Å². The van der Waals surface area contributed by atoms with E-state index in [1.807, 2.05) is 11.3 Å². The van der Waals surface area contributed by atoms with E-state index < -0.39 is 0 Å². The number of thiophene rings is 1. The van der Waals surface area contributed by atoms with E-state index in [0.29, 0.717) is 5.92 Å². The summed E-state index contributed by atoms with van der Waals surface area (Å²) in [5.74, 6) is 1.61. The molecular formula is C14H23N3S. The first kappa shape index (κ1) is 13.4. The Morgan fingerprint density at radius 1 is 1.50 bits per heavy atom. The minimum Gasteiger partial charge on any atom is -0.357 e. The number of hydrogen-bond acceptors (Lipinski definition) is 2. The number of nitrogens with zero attached hydrogens (tertiary/aromatic N) is 2. The number of aliphatic imine (C=N–C) groups is 1. The molecule has 18 heavy (non-hydrogen) atoms. The van der Waals surface area contributed by atoms with Crippen LogP contribution in [-0.4, -0.2) is 37.0 Å². The van der Waals surface area contributed by atoms with E-state index >= 15 is 0 Å². The fourth-order valence-corrected chi connectivity index (χ4v) is 3.02. The van der Waals surface area contributed by atoms with Gasteiger partial charge in [-0.05, 0) is 31.2 Å². The molecule has 1 aliphatic heterocycles. The molecule has 0 saturated carbocycles. The van der Waals surface area contributed by atoms with Crippen LogP contribution in [0.4, 0.5) is 0 Å². The van der Waals surface area contributed by atoms with Crippen LogP contribution in [0.5, 0.6) is 0 Å². The van der Waals surface area contributed by atoms with Gasteiger partial charge in [0.05, 0.1) is 6.54 Å². The van der Waals surface area contributed by atoms with E-state index in [2.05, 4.69) is 41.6 Å². The summed E-state index contributed by atoms with van der Waals surface area (Å²) in [6.07, 6.45) is 2.59. The van der Waals surface area contributed by atoms with Gasteiger partial charge >= 0.3 is 0 Å². The second-order valence-electron chi connectivity index (χ2n) is 4.81. The molecule has 1 unspecified atom stereocenters. The largest absolute Gasteiger partial charge is 0.357 e. The zero-order valence-corrected chi connectivity index (χ0v) is 12.2. The van der Waals surface area contributed by atoms with Crippen molar-refractivity contribution in [3.05, 3.63) is 22.4 Å². The van der Waals surface area contributed by atoms with Crippen LogP contribution in [0.3, 0.4) is 0 Å². The first-order chi connectivity index (χ1) is 8.81. The Morgan fingerprint density at radius 2 is 2.28 bits per heavy atom. The molecule has 1 fully saturated rings. The lowest BCUT2D eigenvalue weighted by Crippen LogP contribution is -2.39. The quantitative estimate of drug-likeness (QED) is 0.669. The Hall–Kier alpha value is -1.03. The molecule has 4 heteroatoms. The number of hydrogen-bond donors (Lipinski definition) is 1. The van der Waals surface area contributed by atoms with Gasteiger partial charge in [-0.3, -0.25) is 4.99 Å². The predicted molar refractivity (Wildman–Crippen MR) is 79.5 cm³/mol. The van der Waals surface area contributed by atoms with Crippen LogP contribution in [0.1, 0.15) is 37.5 Å². The van der Waals surface area contributed by atoms with Gasteiger partial charge in [0.1, 0.15) is 0 Å². The fourth-order valence-electron chi connectivity index (χ4n) is 2.24. The number of likely N-dealkylation sites (tertiary alicyclic amines) is 1. The molecule has 1 aromatic heterocycles. The Balaban J connectivity index is 1.95. The fraction of sp³-hybridized carbons (Fsp3) is 0.643. The maximum absolute atomic E-state index is 4.79. The van der Waals surface area contributed by atoms with Gasteiger partial charge in [0.25, 0.3) is 0 Å². The van der Waals surface area contributed by atoms with E-state index in [0.717, 1.165) is 32.1 Å². The highest BCUT2D eigenvalue weighted by Gasteiger charge is 2.16. The van der Waals surface area contributed by atoms with Crippen molar-refractivity contribution in [3.63, 3.8) is 0 Å². The first-order valence-electron chi connectivity index (χ1n) is 6.88.